The molecule has 0 bridgehead atoms. The van der Waals surface area contributed by atoms with Gasteiger partial charge in [-0.2, -0.15) is 0 Å². The third-order valence-corrected chi connectivity index (χ3v) is 9.45. The first kappa shape index (κ1) is 13.2. The van der Waals surface area contributed by atoms with E-state index in [1.165, 1.54) is 15.6 Å². The van der Waals surface area contributed by atoms with Crippen LogP contribution in [0.3, 0.4) is 0 Å². The third-order valence-electron chi connectivity index (χ3n) is 2.90. The van der Waals surface area contributed by atoms with Crippen LogP contribution in [0.1, 0.15) is 0 Å². The zero-order valence-corrected chi connectivity index (χ0v) is 14.9. The second kappa shape index (κ2) is 5.15. The summed E-state index contributed by atoms with van der Waals surface area (Å²) in [5.74, 6) is 0. The van der Waals surface area contributed by atoms with Crippen molar-refractivity contribution in [1.29, 1.82) is 0 Å². The number of hydrogen-bond acceptors (Lipinski definition) is 0. The Morgan fingerprint density at radius 1 is 0.765 bits per heavy atom. The average Bonchev–Trinajstić information content (AvgIpc) is 2.28. The van der Waals surface area contributed by atoms with E-state index in [-0.39, 0.29) is 0 Å². The van der Waals surface area contributed by atoms with Gasteiger partial charge in [-0.15, -0.1) is 0 Å². The van der Waals surface area contributed by atoms with Crippen LogP contribution >= 0.6 is 15.9 Å². The minimum atomic E-state index is -2.05. The molecule has 2 heteroatoms. The van der Waals surface area contributed by atoms with Gasteiger partial charge in [0.25, 0.3) is 0 Å². The SMILES string of the molecule is [CH3][Sn]([CH3])([CH3])[c]1ccccc1-c1ccccc1Br. The van der Waals surface area contributed by atoms with Crippen molar-refractivity contribution in [3.8, 4) is 11.1 Å². The van der Waals surface area contributed by atoms with Gasteiger partial charge in [0.1, 0.15) is 0 Å². The van der Waals surface area contributed by atoms with Crippen LogP contribution < -0.4 is 3.58 Å². The second-order valence-electron chi connectivity index (χ2n) is 5.28. The minimum absolute atomic E-state index is 1.18. The number of benzene rings is 2. The molecule has 0 saturated heterocycles. The van der Waals surface area contributed by atoms with Crippen LogP contribution in [0.2, 0.25) is 14.8 Å². The first-order valence-electron chi connectivity index (χ1n) is 5.84. The molecule has 0 radical (unpaired) electrons. The van der Waals surface area contributed by atoms with Crippen molar-refractivity contribution in [2.75, 3.05) is 0 Å². The summed E-state index contributed by atoms with van der Waals surface area (Å²) in [6, 6.07) is 17.3. The molecular formula is C15H17BrSn. The van der Waals surface area contributed by atoms with Crippen LogP contribution in [0.25, 0.3) is 11.1 Å². The van der Waals surface area contributed by atoms with Crippen LogP contribution in [0.15, 0.2) is 53.0 Å². The Morgan fingerprint density at radius 2 is 1.29 bits per heavy atom. The molecule has 0 fully saturated rings. The average molecular weight is 396 g/mol. The molecule has 2 aromatic rings. The topological polar surface area (TPSA) is 0 Å². The molecule has 0 aliphatic heterocycles. The van der Waals surface area contributed by atoms with Gasteiger partial charge in [-0.25, -0.2) is 0 Å². The van der Waals surface area contributed by atoms with Crippen molar-refractivity contribution in [2.24, 2.45) is 0 Å². The van der Waals surface area contributed by atoms with E-state index >= 15 is 0 Å². The molecule has 0 unspecified atom stereocenters. The molecule has 0 aliphatic rings. The summed E-state index contributed by atoms with van der Waals surface area (Å²) in [7, 11) is 0. The van der Waals surface area contributed by atoms with Crippen molar-refractivity contribution < 1.29 is 0 Å². The Kier molecular flexibility index (Phi) is 3.98. The first-order chi connectivity index (χ1) is 8.00. The third kappa shape index (κ3) is 2.94. The number of hydrogen-bond donors (Lipinski definition) is 0. The monoisotopic (exact) mass is 396 g/mol. The Morgan fingerprint density at radius 3 is 1.88 bits per heavy atom. The quantitative estimate of drug-likeness (QED) is 0.649. The Hall–Kier alpha value is -0.281. The molecule has 0 nitrogen and oxygen atoms in total. The molecule has 0 saturated carbocycles. The van der Waals surface area contributed by atoms with Crippen molar-refractivity contribution >= 4 is 37.9 Å². The van der Waals surface area contributed by atoms with Gasteiger partial charge in [-0.3, -0.25) is 0 Å². The van der Waals surface area contributed by atoms with E-state index in [0.29, 0.717) is 0 Å². The van der Waals surface area contributed by atoms with Gasteiger partial charge in [-0.1, -0.05) is 0 Å². The Labute approximate surface area is 116 Å². The molecule has 17 heavy (non-hydrogen) atoms. The molecule has 0 aromatic heterocycles. The summed E-state index contributed by atoms with van der Waals surface area (Å²) in [6.07, 6.45) is 0. The molecule has 2 aromatic carbocycles. The zero-order chi connectivity index (χ0) is 12.5. The summed E-state index contributed by atoms with van der Waals surface area (Å²) >= 11 is 1.60. The van der Waals surface area contributed by atoms with Crippen molar-refractivity contribution in [1.82, 2.24) is 0 Å². The van der Waals surface area contributed by atoms with E-state index in [9.17, 15) is 0 Å². The fraction of sp³-hybridized carbons (Fsp3) is 0.200. The van der Waals surface area contributed by atoms with Gasteiger partial charge in [-0.05, 0) is 0 Å². The van der Waals surface area contributed by atoms with Gasteiger partial charge in [0.05, 0.1) is 0 Å². The fourth-order valence-corrected chi connectivity index (χ4v) is 7.18. The van der Waals surface area contributed by atoms with Crippen molar-refractivity contribution in [2.45, 2.75) is 14.8 Å². The van der Waals surface area contributed by atoms with Gasteiger partial charge >= 0.3 is 117 Å². The first-order valence-corrected chi connectivity index (χ1v) is 16.6. The molecular weight excluding hydrogens is 379 g/mol. The summed E-state index contributed by atoms with van der Waals surface area (Å²) in [5, 5.41) is 0. The summed E-state index contributed by atoms with van der Waals surface area (Å²) < 4.78 is 2.77. The van der Waals surface area contributed by atoms with E-state index in [1.807, 2.05) is 0 Å². The second-order valence-corrected chi connectivity index (χ2v) is 20.5. The zero-order valence-electron chi connectivity index (χ0n) is 10.5. The number of rotatable bonds is 2. The van der Waals surface area contributed by atoms with Crippen LogP contribution in [-0.4, -0.2) is 18.4 Å². The molecule has 0 N–H and O–H groups in total. The van der Waals surface area contributed by atoms with E-state index in [0.717, 1.165) is 0 Å². The molecule has 0 atom stereocenters. The standard InChI is InChI=1S/C12H8Br.3CH3.Sn/c13-12-9-5-4-8-11(12)10-6-2-1-3-7-10;;;;/h1-6,8-9H;3*1H3;. The summed E-state index contributed by atoms with van der Waals surface area (Å²) in [6.45, 7) is 0. The molecule has 0 amide bonds. The van der Waals surface area contributed by atoms with E-state index in [2.05, 4.69) is 79.3 Å². The predicted molar refractivity (Wildman–Crippen MR) is 82.6 cm³/mol. The molecule has 2 rings (SSSR count). The number of halogens is 1. The van der Waals surface area contributed by atoms with E-state index in [4.69, 9.17) is 0 Å². The fourth-order valence-electron chi connectivity index (χ4n) is 2.05. The van der Waals surface area contributed by atoms with Crippen LogP contribution in [-0.2, 0) is 0 Å². The maximum atomic E-state index is 3.66. The van der Waals surface area contributed by atoms with Crippen molar-refractivity contribution in [3.63, 3.8) is 0 Å². The molecule has 0 spiro atoms. The van der Waals surface area contributed by atoms with Gasteiger partial charge < -0.3 is 0 Å². The van der Waals surface area contributed by atoms with E-state index < -0.39 is 18.4 Å². The normalized spacial score (nSPS) is 11.5. The predicted octanol–water partition coefficient (Wildman–Crippen LogP) is 4.66. The van der Waals surface area contributed by atoms with Gasteiger partial charge in [0.2, 0.25) is 0 Å². The van der Waals surface area contributed by atoms with Gasteiger partial charge in [0.15, 0.2) is 0 Å². The Balaban J connectivity index is 2.65. The van der Waals surface area contributed by atoms with Crippen LogP contribution in [0, 0.1) is 0 Å². The maximum absolute atomic E-state index is 3.66. The van der Waals surface area contributed by atoms with Gasteiger partial charge in [0, 0.05) is 0 Å². The summed E-state index contributed by atoms with van der Waals surface area (Å²) in [5.41, 5.74) is 2.72. The van der Waals surface area contributed by atoms with E-state index in [1.54, 1.807) is 3.58 Å². The summed E-state index contributed by atoms with van der Waals surface area (Å²) in [4.78, 5) is 7.39. The van der Waals surface area contributed by atoms with Crippen LogP contribution in [0.5, 0.6) is 0 Å². The van der Waals surface area contributed by atoms with Crippen LogP contribution in [0.4, 0.5) is 0 Å². The Bertz CT molecular complexity index is 526. The molecule has 0 aliphatic carbocycles. The molecule has 0 heterocycles. The molecule has 88 valence electrons. The van der Waals surface area contributed by atoms with Crippen molar-refractivity contribution in [3.05, 3.63) is 53.0 Å².